The average Bonchev–Trinajstić information content (AvgIpc) is 2.18. The molecule has 0 bridgehead atoms. The molecule has 1 N–H and O–H groups in total. The van der Waals surface area contributed by atoms with Crippen molar-refractivity contribution < 1.29 is 9.53 Å². The van der Waals surface area contributed by atoms with Crippen LogP contribution in [0.3, 0.4) is 0 Å². The molecule has 1 aliphatic rings. The second kappa shape index (κ2) is 3.94. The predicted octanol–water partition coefficient (Wildman–Crippen LogP) is 0.922. The van der Waals surface area contributed by atoms with Gasteiger partial charge in [0, 0.05) is 6.20 Å². The van der Waals surface area contributed by atoms with E-state index in [0.29, 0.717) is 11.8 Å². The maximum absolute atomic E-state index is 11.0. The maximum Gasteiger partial charge on any atom is 0.246 e. The molecule has 1 saturated heterocycles. The van der Waals surface area contributed by atoms with E-state index in [0.717, 1.165) is 5.56 Å². The third-order valence-electron chi connectivity index (χ3n) is 2.01. The Bertz CT molecular complexity index is 356. The highest BCUT2D eigenvalue weighted by molar-refractivity contribution is 6.29. The lowest BCUT2D eigenvalue weighted by Gasteiger charge is -2.23. The van der Waals surface area contributed by atoms with Crippen LogP contribution in [0.2, 0.25) is 5.15 Å². The molecule has 1 aromatic heterocycles. The fraction of sp³-hybridized carbons (Fsp3) is 0.333. The first-order valence-corrected chi connectivity index (χ1v) is 4.62. The normalized spacial score (nSPS) is 21.8. The first kappa shape index (κ1) is 9.43. The Morgan fingerprint density at radius 3 is 3.21 bits per heavy atom. The van der Waals surface area contributed by atoms with Crippen LogP contribution in [-0.4, -0.2) is 24.1 Å². The minimum atomic E-state index is -0.114. The van der Waals surface area contributed by atoms with Gasteiger partial charge in [-0.1, -0.05) is 11.6 Å². The molecule has 14 heavy (non-hydrogen) atoms. The van der Waals surface area contributed by atoms with E-state index in [9.17, 15) is 4.79 Å². The van der Waals surface area contributed by atoms with E-state index in [2.05, 4.69) is 10.3 Å². The van der Waals surface area contributed by atoms with Crippen LogP contribution in [0, 0.1) is 0 Å². The van der Waals surface area contributed by atoms with Crippen molar-refractivity contribution in [1.29, 1.82) is 0 Å². The summed E-state index contributed by atoms with van der Waals surface area (Å²) in [6, 6.07) is 3.42. The van der Waals surface area contributed by atoms with Crippen LogP contribution in [0.15, 0.2) is 18.3 Å². The van der Waals surface area contributed by atoms with Crippen LogP contribution in [-0.2, 0) is 9.53 Å². The predicted molar refractivity (Wildman–Crippen MR) is 50.9 cm³/mol. The Labute approximate surface area is 86.2 Å². The van der Waals surface area contributed by atoms with Crippen molar-refractivity contribution in [2.75, 3.05) is 13.2 Å². The van der Waals surface area contributed by atoms with Crippen LogP contribution < -0.4 is 5.32 Å². The van der Waals surface area contributed by atoms with Gasteiger partial charge in [0.2, 0.25) is 5.91 Å². The van der Waals surface area contributed by atoms with E-state index in [-0.39, 0.29) is 18.6 Å². The molecule has 2 heterocycles. The van der Waals surface area contributed by atoms with Crippen molar-refractivity contribution in [3.8, 4) is 0 Å². The van der Waals surface area contributed by atoms with Gasteiger partial charge >= 0.3 is 0 Å². The molecule has 0 aromatic carbocycles. The smallest absolute Gasteiger partial charge is 0.246 e. The van der Waals surface area contributed by atoms with Gasteiger partial charge in [0.1, 0.15) is 11.8 Å². The van der Waals surface area contributed by atoms with E-state index in [4.69, 9.17) is 16.3 Å². The highest BCUT2D eigenvalue weighted by atomic mass is 35.5. The van der Waals surface area contributed by atoms with Crippen LogP contribution in [0.4, 0.5) is 0 Å². The zero-order chi connectivity index (χ0) is 9.97. The third-order valence-corrected chi connectivity index (χ3v) is 2.21. The minimum absolute atomic E-state index is 0.103. The molecule has 2 rings (SSSR count). The Balaban J connectivity index is 2.17. The molecule has 1 fully saturated rings. The first-order chi connectivity index (χ1) is 6.75. The van der Waals surface area contributed by atoms with Crippen molar-refractivity contribution in [2.45, 2.75) is 6.04 Å². The van der Waals surface area contributed by atoms with E-state index in [1.165, 1.54) is 0 Å². The third kappa shape index (κ3) is 2.02. The Kier molecular flexibility index (Phi) is 2.65. The molecule has 1 aromatic rings. The number of carbonyl (C=O) groups is 1. The number of pyridine rings is 1. The summed E-state index contributed by atoms with van der Waals surface area (Å²) >= 11 is 5.74. The summed E-state index contributed by atoms with van der Waals surface area (Å²) in [6.07, 6.45) is 1.61. The number of nitrogens with zero attached hydrogens (tertiary/aromatic N) is 1. The van der Waals surface area contributed by atoms with Gasteiger partial charge in [-0.2, -0.15) is 0 Å². The molecule has 0 radical (unpaired) electrons. The topological polar surface area (TPSA) is 51.2 Å². The molecule has 1 atom stereocenters. The van der Waals surface area contributed by atoms with Gasteiger partial charge < -0.3 is 10.1 Å². The molecule has 4 nitrogen and oxygen atoms in total. The number of carbonyl (C=O) groups excluding carboxylic acids is 1. The lowest BCUT2D eigenvalue weighted by molar-refractivity contribution is -0.131. The van der Waals surface area contributed by atoms with Crippen LogP contribution in [0.1, 0.15) is 11.6 Å². The number of rotatable bonds is 1. The Morgan fingerprint density at radius 1 is 1.64 bits per heavy atom. The summed E-state index contributed by atoms with van der Waals surface area (Å²) in [5.74, 6) is -0.103. The van der Waals surface area contributed by atoms with E-state index < -0.39 is 0 Å². The van der Waals surface area contributed by atoms with Crippen molar-refractivity contribution in [1.82, 2.24) is 10.3 Å². The molecule has 74 valence electrons. The Morgan fingerprint density at radius 2 is 2.50 bits per heavy atom. The highest BCUT2D eigenvalue weighted by Crippen LogP contribution is 2.17. The lowest BCUT2D eigenvalue weighted by Crippen LogP contribution is -2.39. The van der Waals surface area contributed by atoms with Gasteiger partial charge in [-0.05, 0) is 17.7 Å². The van der Waals surface area contributed by atoms with E-state index in [1.807, 2.05) is 6.07 Å². The number of halogens is 1. The van der Waals surface area contributed by atoms with Crippen molar-refractivity contribution in [2.24, 2.45) is 0 Å². The molecule has 0 unspecified atom stereocenters. The molecular formula is C9H9ClN2O2. The minimum Gasteiger partial charge on any atom is -0.369 e. The monoisotopic (exact) mass is 212 g/mol. The highest BCUT2D eigenvalue weighted by Gasteiger charge is 2.20. The fourth-order valence-electron chi connectivity index (χ4n) is 1.36. The first-order valence-electron chi connectivity index (χ1n) is 4.24. The Hall–Kier alpha value is -1.13. The number of nitrogens with one attached hydrogen (secondary N) is 1. The lowest BCUT2D eigenvalue weighted by atomic mass is 10.1. The number of ether oxygens (including phenoxy) is 1. The van der Waals surface area contributed by atoms with Crippen molar-refractivity contribution >= 4 is 17.5 Å². The molecule has 0 aliphatic carbocycles. The van der Waals surface area contributed by atoms with Crippen LogP contribution >= 0.6 is 11.6 Å². The van der Waals surface area contributed by atoms with Crippen molar-refractivity contribution in [3.63, 3.8) is 0 Å². The number of morpholine rings is 1. The molecule has 0 spiro atoms. The zero-order valence-electron chi connectivity index (χ0n) is 7.37. The van der Waals surface area contributed by atoms with Crippen molar-refractivity contribution in [3.05, 3.63) is 29.0 Å². The number of aromatic nitrogens is 1. The van der Waals surface area contributed by atoms with Gasteiger partial charge in [-0.25, -0.2) is 4.98 Å². The average molecular weight is 213 g/mol. The molecule has 1 amide bonds. The molecule has 0 saturated carbocycles. The van der Waals surface area contributed by atoms with Gasteiger partial charge in [-0.15, -0.1) is 0 Å². The van der Waals surface area contributed by atoms with E-state index >= 15 is 0 Å². The summed E-state index contributed by atoms with van der Waals surface area (Å²) in [5.41, 5.74) is 0.915. The number of hydrogen-bond acceptors (Lipinski definition) is 3. The van der Waals surface area contributed by atoms with Crippen LogP contribution in [0.25, 0.3) is 0 Å². The van der Waals surface area contributed by atoms with Gasteiger partial charge in [0.05, 0.1) is 12.6 Å². The van der Waals surface area contributed by atoms with Gasteiger partial charge in [0.15, 0.2) is 0 Å². The number of hydrogen-bond donors (Lipinski definition) is 1. The summed E-state index contributed by atoms with van der Waals surface area (Å²) in [7, 11) is 0. The maximum atomic E-state index is 11.0. The summed E-state index contributed by atoms with van der Waals surface area (Å²) < 4.78 is 5.11. The van der Waals surface area contributed by atoms with Gasteiger partial charge in [0.25, 0.3) is 0 Å². The summed E-state index contributed by atoms with van der Waals surface area (Å²) in [4.78, 5) is 14.9. The largest absolute Gasteiger partial charge is 0.369 e. The number of amides is 1. The fourth-order valence-corrected chi connectivity index (χ4v) is 1.54. The van der Waals surface area contributed by atoms with Gasteiger partial charge in [-0.3, -0.25) is 4.79 Å². The summed E-state index contributed by atoms with van der Waals surface area (Å²) in [5, 5.41) is 3.23. The second-order valence-electron chi connectivity index (χ2n) is 3.05. The van der Waals surface area contributed by atoms with E-state index in [1.54, 1.807) is 12.3 Å². The molecular weight excluding hydrogens is 204 g/mol. The second-order valence-corrected chi connectivity index (χ2v) is 3.43. The SMILES string of the molecule is O=C1COC[C@H](c2ccnc(Cl)c2)N1. The standard InChI is InChI=1S/C9H9ClN2O2/c10-8-3-6(1-2-11-8)7-4-14-5-9(13)12-7/h1-3,7H,4-5H2,(H,12,13)/t7-/m1/s1. The molecule has 1 aliphatic heterocycles. The quantitative estimate of drug-likeness (QED) is 0.705. The van der Waals surface area contributed by atoms with Crippen LogP contribution in [0.5, 0.6) is 0 Å². The molecule has 5 heteroatoms. The zero-order valence-corrected chi connectivity index (χ0v) is 8.12. The summed E-state index contributed by atoms with van der Waals surface area (Å²) in [6.45, 7) is 0.612.